The van der Waals surface area contributed by atoms with Gasteiger partial charge in [0.1, 0.15) is 15.5 Å². The van der Waals surface area contributed by atoms with Crippen LogP contribution in [-0.4, -0.2) is 27.8 Å². The number of rotatable bonds is 8. The first-order chi connectivity index (χ1) is 20.3. The molecule has 0 radical (unpaired) electrons. The highest BCUT2D eigenvalue weighted by atomic mass is 32.2. The molecule has 5 rings (SSSR count). The summed E-state index contributed by atoms with van der Waals surface area (Å²) in [7, 11) is -9.68. The third kappa shape index (κ3) is 7.86. The summed E-state index contributed by atoms with van der Waals surface area (Å²) in [6.45, 7) is 0. The maximum atomic E-state index is 14.2. The lowest BCUT2D eigenvalue weighted by Gasteiger charge is -2.32. The summed E-state index contributed by atoms with van der Waals surface area (Å²) in [6.07, 6.45) is 9.70. The van der Waals surface area contributed by atoms with Crippen LogP contribution in [0.3, 0.4) is 0 Å². The van der Waals surface area contributed by atoms with E-state index < -0.39 is 43.0 Å². The molecule has 0 amide bonds. The van der Waals surface area contributed by atoms with Crippen LogP contribution in [0, 0.1) is 0 Å². The van der Waals surface area contributed by atoms with Gasteiger partial charge in [0.05, 0.1) is 0 Å². The van der Waals surface area contributed by atoms with Crippen molar-refractivity contribution >= 4 is 20.2 Å². The fourth-order valence-corrected chi connectivity index (χ4v) is 9.28. The van der Waals surface area contributed by atoms with Gasteiger partial charge in [-0.1, -0.05) is 69.9 Å². The van der Waals surface area contributed by atoms with E-state index in [0.717, 1.165) is 113 Å². The van der Waals surface area contributed by atoms with E-state index in [4.69, 9.17) is 4.18 Å². The van der Waals surface area contributed by atoms with Gasteiger partial charge in [0.25, 0.3) is 10.1 Å². The highest BCUT2D eigenvalue weighted by Gasteiger charge is 2.37. The van der Waals surface area contributed by atoms with E-state index in [2.05, 4.69) is 4.74 Å². The van der Waals surface area contributed by atoms with E-state index in [0.29, 0.717) is 18.1 Å². The number of halogens is 3. The largest absolute Gasteiger partial charge is 0.573 e. The van der Waals surface area contributed by atoms with Gasteiger partial charge in [0, 0.05) is 6.07 Å². The Morgan fingerprint density at radius 3 is 1.58 bits per heavy atom. The van der Waals surface area contributed by atoms with Gasteiger partial charge in [-0.15, -0.1) is 13.2 Å². The Balaban J connectivity index is 1.64. The number of benzene rings is 2. The van der Waals surface area contributed by atoms with Crippen LogP contribution in [0.5, 0.6) is 11.5 Å². The maximum Gasteiger partial charge on any atom is 0.573 e. The first-order valence-electron chi connectivity index (χ1n) is 15.3. The molecule has 0 heterocycles. The third-order valence-corrected chi connectivity index (χ3v) is 11.5. The molecule has 3 saturated carbocycles. The number of hydrogen-bond acceptors (Lipinski definition) is 6. The van der Waals surface area contributed by atoms with Crippen molar-refractivity contribution < 1.29 is 43.5 Å². The smallest absolute Gasteiger partial charge is 0.404 e. The predicted molar refractivity (Wildman–Crippen MR) is 155 cm³/mol. The molecule has 0 aliphatic heterocycles. The summed E-state index contributed by atoms with van der Waals surface area (Å²) >= 11 is 0. The molecule has 2 aromatic rings. The minimum absolute atomic E-state index is 0.0130. The molecule has 12 heteroatoms. The second kappa shape index (κ2) is 13.0. The Hall–Kier alpha value is -2.31. The molecule has 3 fully saturated rings. The molecule has 0 aromatic heterocycles. The van der Waals surface area contributed by atoms with Gasteiger partial charge < -0.3 is 8.92 Å². The average molecular weight is 645 g/mol. The van der Waals surface area contributed by atoms with Crippen LogP contribution in [-0.2, 0) is 20.2 Å². The van der Waals surface area contributed by atoms with Crippen LogP contribution in [0.25, 0.3) is 0 Å². The van der Waals surface area contributed by atoms with Crippen LogP contribution in [0.2, 0.25) is 0 Å². The molecule has 2 aromatic carbocycles. The Bertz CT molecular complexity index is 1460. The molecule has 7 nitrogen and oxygen atoms in total. The molecule has 0 atom stereocenters. The standard InChI is InChI=1S/C31H39F3O7S2/c32-31(33,34)40-28-20-25(16-17-29(28)42(35,36)37)41-43(38,39)30-26(22-12-6-2-7-13-22)18-24(21-10-4-1-5-11-21)19-27(30)23-14-8-3-9-15-23/h16-23H,1-15H2,(H,35,36,37). The summed E-state index contributed by atoms with van der Waals surface area (Å²) in [4.78, 5) is -1.06. The fourth-order valence-electron chi connectivity index (χ4n) is 7.22. The highest BCUT2D eigenvalue weighted by Crippen LogP contribution is 2.46. The monoisotopic (exact) mass is 644 g/mol. The van der Waals surface area contributed by atoms with Crippen LogP contribution in [0.15, 0.2) is 40.1 Å². The van der Waals surface area contributed by atoms with Gasteiger partial charge in [-0.2, -0.15) is 16.8 Å². The number of hydrogen-bond donors (Lipinski definition) is 1. The van der Waals surface area contributed by atoms with Crippen molar-refractivity contribution in [2.45, 2.75) is 130 Å². The minimum atomic E-state index is -5.30. The Morgan fingerprint density at radius 2 is 1.14 bits per heavy atom. The lowest BCUT2D eigenvalue weighted by molar-refractivity contribution is -0.275. The first-order valence-corrected chi connectivity index (χ1v) is 18.2. The van der Waals surface area contributed by atoms with Crippen LogP contribution < -0.4 is 8.92 Å². The van der Waals surface area contributed by atoms with E-state index >= 15 is 0 Å². The molecular formula is C31H39F3O7S2. The SMILES string of the molecule is O=S(=O)(O)c1ccc(OS(=O)(=O)c2c(C3CCCCC3)cc(C3CCCCC3)cc2C2CCCCC2)cc1OC(F)(F)F. The lowest BCUT2D eigenvalue weighted by atomic mass is 9.76. The van der Waals surface area contributed by atoms with E-state index in [1.54, 1.807) is 0 Å². The Kier molecular flexibility index (Phi) is 9.68. The van der Waals surface area contributed by atoms with Crippen molar-refractivity contribution in [3.63, 3.8) is 0 Å². The normalized spacial score (nSPS) is 20.2. The zero-order chi connectivity index (χ0) is 30.8. The van der Waals surface area contributed by atoms with Gasteiger partial charge in [-0.25, -0.2) is 0 Å². The molecule has 0 unspecified atom stereocenters. The topological polar surface area (TPSA) is 107 Å². The minimum Gasteiger partial charge on any atom is -0.404 e. The molecular weight excluding hydrogens is 605 g/mol. The van der Waals surface area contributed by atoms with E-state index in [9.17, 15) is 34.6 Å². The van der Waals surface area contributed by atoms with Crippen LogP contribution >= 0.6 is 0 Å². The summed E-state index contributed by atoms with van der Waals surface area (Å²) in [5.41, 5.74) is 2.62. The number of ether oxygens (including phenoxy) is 1. The van der Waals surface area contributed by atoms with Crippen LogP contribution in [0.1, 0.15) is 131 Å². The zero-order valence-corrected chi connectivity index (χ0v) is 25.7. The summed E-state index contributed by atoms with van der Waals surface area (Å²) in [6, 6.07) is 6.17. The van der Waals surface area contributed by atoms with Crippen molar-refractivity contribution in [1.29, 1.82) is 0 Å². The molecule has 0 saturated heterocycles. The molecule has 238 valence electrons. The quantitative estimate of drug-likeness (QED) is 0.226. The number of alkyl halides is 3. The fraction of sp³-hybridized carbons (Fsp3) is 0.613. The summed E-state index contributed by atoms with van der Waals surface area (Å²) in [5, 5.41) is 0. The van der Waals surface area contributed by atoms with Crippen molar-refractivity contribution in [2.24, 2.45) is 0 Å². The highest BCUT2D eigenvalue weighted by molar-refractivity contribution is 7.87. The van der Waals surface area contributed by atoms with E-state index in [1.807, 2.05) is 12.1 Å². The van der Waals surface area contributed by atoms with Gasteiger partial charge in [0.2, 0.25) is 0 Å². The molecule has 43 heavy (non-hydrogen) atoms. The van der Waals surface area contributed by atoms with Crippen molar-refractivity contribution in [2.75, 3.05) is 0 Å². The predicted octanol–water partition coefficient (Wildman–Crippen LogP) is 8.74. The lowest BCUT2D eigenvalue weighted by Crippen LogP contribution is -2.22. The van der Waals surface area contributed by atoms with Gasteiger partial charge in [-0.3, -0.25) is 4.55 Å². The molecule has 1 N–H and O–H groups in total. The third-order valence-electron chi connectivity index (χ3n) is 9.21. The zero-order valence-electron chi connectivity index (χ0n) is 24.1. The Morgan fingerprint density at radius 1 is 0.674 bits per heavy atom. The molecule has 3 aliphatic rings. The van der Waals surface area contributed by atoms with Crippen molar-refractivity contribution in [3.8, 4) is 11.5 Å². The van der Waals surface area contributed by atoms with Gasteiger partial charge >= 0.3 is 16.5 Å². The van der Waals surface area contributed by atoms with Crippen molar-refractivity contribution in [3.05, 3.63) is 47.0 Å². The van der Waals surface area contributed by atoms with Gasteiger partial charge in [-0.05, 0) is 85.1 Å². The first kappa shape index (κ1) is 32.1. The van der Waals surface area contributed by atoms with E-state index in [-0.39, 0.29) is 16.7 Å². The van der Waals surface area contributed by atoms with Crippen LogP contribution in [0.4, 0.5) is 13.2 Å². The average Bonchev–Trinajstić information content (AvgIpc) is 2.96. The molecule has 0 spiro atoms. The maximum absolute atomic E-state index is 14.2. The second-order valence-electron chi connectivity index (χ2n) is 12.2. The summed E-state index contributed by atoms with van der Waals surface area (Å²) in [5.74, 6) is -1.45. The second-order valence-corrected chi connectivity index (χ2v) is 15.1. The summed E-state index contributed by atoms with van der Waals surface area (Å²) < 4.78 is 110. The van der Waals surface area contributed by atoms with Crippen molar-refractivity contribution in [1.82, 2.24) is 0 Å². The molecule has 3 aliphatic carbocycles. The Labute approximate surface area is 252 Å². The van der Waals surface area contributed by atoms with E-state index in [1.165, 1.54) is 6.42 Å². The molecule has 0 bridgehead atoms. The van der Waals surface area contributed by atoms with Gasteiger partial charge in [0.15, 0.2) is 5.75 Å².